The third-order valence-electron chi connectivity index (χ3n) is 0.781. The number of hydrogen-bond acceptors (Lipinski definition) is 6. The summed E-state index contributed by atoms with van der Waals surface area (Å²) in [6, 6.07) is 0. The Bertz CT molecular complexity index is 433. The van der Waals surface area contributed by atoms with Crippen molar-refractivity contribution < 1.29 is 53.4 Å². The van der Waals surface area contributed by atoms with Gasteiger partial charge in [0.1, 0.15) is 0 Å². The largest absolute Gasteiger partial charge is 0.855 e. The molecule has 0 aliphatic heterocycles. The molecule has 0 rings (SSSR count). The first kappa shape index (κ1) is 38.7. The van der Waals surface area contributed by atoms with Gasteiger partial charge in [-0.2, -0.15) is 26.3 Å². The molecule has 0 aromatic carbocycles. The molecule has 0 spiro atoms. The highest BCUT2D eigenvalue weighted by Crippen LogP contribution is 2.36. The smallest absolute Gasteiger partial charge is 0.480 e. The van der Waals surface area contributed by atoms with Crippen LogP contribution in [0, 0.1) is 0 Å². The Kier molecular flexibility index (Phi) is 23.5. The summed E-state index contributed by atoms with van der Waals surface area (Å²) in [5.74, 6) is 0. The Hall–Kier alpha value is -0.760. The maximum Gasteiger partial charge on any atom is 0.480 e. The van der Waals surface area contributed by atoms with Gasteiger partial charge in [0.15, 0.2) is 20.0 Å². The van der Waals surface area contributed by atoms with Crippen LogP contribution in [0.2, 0.25) is 0 Å². The van der Waals surface area contributed by atoms with E-state index >= 15 is 0 Å². The lowest BCUT2D eigenvalue weighted by Gasteiger charge is -2.22. The molecule has 10 nitrogen and oxygen atoms in total. The van der Waals surface area contributed by atoms with Crippen LogP contribution < -0.4 is 28.7 Å². The molecule has 0 aromatic heterocycles. The first-order valence-corrected chi connectivity index (χ1v) is 7.45. The molecule has 0 aromatic rings. The highest BCUT2D eigenvalue weighted by Gasteiger charge is 2.46. The molecule has 0 fully saturated rings. The van der Waals surface area contributed by atoms with Crippen molar-refractivity contribution in [1.29, 1.82) is 0 Å². The number of halogens is 6. The Morgan fingerprint density at radius 3 is 0.917 bits per heavy atom. The van der Waals surface area contributed by atoms with Crippen molar-refractivity contribution in [3.05, 3.63) is 4.13 Å². The van der Waals surface area contributed by atoms with E-state index in [-0.39, 0.29) is 31.7 Å². The zero-order chi connectivity index (χ0) is 18.1. The number of hydrogen-bond donors (Lipinski definition) is 3. The molecule has 18 heteroatoms. The van der Waals surface area contributed by atoms with Crippen LogP contribution in [0.3, 0.4) is 0 Å². The lowest BCUT2D eigenvalue weighted by molar-refractivity contribution is -0.362. The summed E-state index contributed by atoms with van der Waals surface area (Å²) in [6.45, 7) is 3.14. The first-order valence-electron chi connectivity index (χ1n) is 4.57. The Balaban J connectivity index is -0.0000000786. The van der Waals surface area contributed by atoms with Crippen molar-refractivity contribution in [1.82, 2.24) is 18.5 Å². The standard InChI is InChI=1S/C2F6NO4S2.2C2H5O.3H3N/c3-1(4,5)14(10,11)9-15(12,13)2(6,7)8;2*1-2-3;;;/h;2*2H2,1H3;3*1H3/q3*-1;;;/p+3. The summed E-state index contributed by atoms with van der Waals surface area (Å²) in [5.41, 5.74) is -12.4. The highest BCUT2D eigenvalue weighted by molar-refractivity contribution is 8.13. The predicted molar refractivity (Wildman–Crippen MR) is 72.3 cm³/mol. The molecular weight excluding hydrogens is 402 g/mol. The van der Waals surface area contributed by atoms with Crippen molar-refractivity contribution in [2.75, 3.05) is 13.2 Å². The second kappa shape index (κ2) is 14.6. The maximum atomic E-state index is 11.4. The second-order valence-electron chi connectivity index (χ2n) is 2.49. The molecule has 0 saturated heterocycles. The quantitative estimate of drug-likeness (QED) is 0.544. The van der Waals surface area contributed by atoms with Crippen LogP contribution in [0.1, 0.15) is 13.8 Å². The van der Waals surface area contributed by atoms with Gasteiger partial charge >= 0.3 is 11.0 Å². The molecule has 0 radical (unpaired) electrons. The van der Waals surface area contributed by atoms with Gasteiger partial charge in [0.2, 0.25) is 0 Å². The third-order valence-corrected chi connectivity index (χ3v) is 3.52. The molecular formula is C6H22F6N4O6S2. The minimum atomic E-state index is -6.72. The molecule has 0 aliphatic carbocycles. The van der Waals surface area contributed by atoms with Gasteiger partial charge in [-0.05, 0) is 0 Å². The van der Waals surface area contributed by atoms with Gasteiger partial charge in [-0.15, -0.1) is 13.2 Å². The topological polar surface area (TPSA) is 238 Å². The molecule has 0 heterocycles. The van der Waals surface area contributed by atoms with Crippen molar-refractivity contribution in [2.45, 2.75) is 24.9 Å². The van der Waals surface area contributed by atoms with Gasteiger partial charge in [-0.25, -0.2) is 16.8 Å². The summed E-state index contributed by atoms with van der Waals surface area (Å²) >= 11 is 0. The van der Waals surface area contributed by atoms with Crippen LogP contribution in [0.4, 0.5) is 26.3 Å². The van der Waals surface area contributed by atoms with Crippen LogP contribution in [0.15, 0.2) is 0 Å². The van der Waals surface area contributed by atoms with Crippen molar-refractivity contribution >= 4 is 20.0 Å². The van der Waals surface area contributed by atoms with Gasteiger partial charge in [-0.3, -0.25) is 0 Å². The minimum Gasteiger partial charge on any atom is -0.855 e. The van der Waals surface area contributed by atoms with E-state index in [1.54, 1.807) is 13.8 Å². The van der Waals surface area contributed by atoms with E-state index in [1.165, 1.54) is 0 Å². The molecule has 156 valence electrons. The molecule has 0 atom stereocenters. The second-order valence-corrected chi connectivity index (χ2v) is 5.92. The number of rotatable bonds is 2. The van der Waals surface area contributed by atoms with Crippen LogP contribution in [-0.4, -0.2) is 41.1 Å². The zero-order valence-electron chi connectivity index (χ0n) is 13.4. The number of nitrogens with zero attached hydrogens (tertiary/aromatic N) is 1. The van der Waals surface area contributed by atoms with E-state index in [4.69, 9.17) is 10.2 Å². The Labute approximate surface area is 135 Å². The fourth-order valence-electron chi connectivity index (χ4n) is 0.214. The Morgan fingerprint density at radius 2 is 0.833 bits per heavy atom. The normalized spacial score (nSPS) is 11.1. The van der Waals surface area contributed by atoms with Crippen molar-refractivity contribution in [2.24, 2.45) is 0 Å². The maximum absolute atomic E-state index is 11.4. The fourth-order valence-corrected chi connectivity index (χ4v) is 1.92. The zero-order valence-corrected chi connectivity index (χ0v) is 15.0. The van der Waals surface area contributed by atoms with Gasteiger partial charge in [0.25, 0.3) is 0 Å². The molecule has 0 bridgehead atoms. The monoisotopic (exact) mass is 424 g/mol. The van der Waals surface area contributed by atoms with Gasteiger partial charge in [0, 0.05) is 0 Å². The van der Waals surface area contributed by atoms with Crippen LogP contribution in [0.5, 0.6) is 0 Å². The van der Waals surface area contributed by atoms with E-state index in [2.05, 4.69) is 0 Å². The average Bonchev–Trinajstić information content (AvgIpc) is 2.14. The average molecular weight is 424 g/mol. The van der Waals surface area contributed by atoms with E-state index in [1.807, 2.05) is 0 Å². The van der Waals surface area contributed by atoms with E-state index < -0.39 is 31.1 Å². The minimum absolute atomic E-state index is 0. The van der Waals surface area contributed by atoms with Crippen LogP contribution in [-0.2, 0) is 20.0 Å². The number of alkyl halides is 6. The fraction of sp³-hybridized carbons (Fsp3) is 1.00. The SMILES string of the molecule is CC[O-].CC[O-].O=S(=O)([N-]S(=O)(=O)C(F)(F)F)C(F)(F)F.[NH4+].[NH4+].[NH4+]. The highest BCUT2D eigenvalue weighted by atomic mass is 32.3. The van der Waals surface area contributed by atoms with Crippen LogP contribution >= 0.6 is 0 Å². The summed E-state index contributed by atoms with van der Waals surface area (Å²) in [5, 5.41) is 17.9. The van der Waals surface area contributed by atoms with E-state index in [0.29, 0.717) is 0 Å². The van der Waals surface area contributed by atoms with Gasteiger partial charge < -0.3 is 32.8 Å². The van der Waals surface area contributed by atoms with Gasteiger partial charge in [0.05, 0.1) is 0 Å². The summed E-state index contributed by atoms with van der Waals surface area (Å²) < 4.78 is 109. The molecule has 0 aliphatic rings. The van der Waals surface area contributed by atoms with E-state index in [0.717, 1.165) is 4.13 Å². The summed E-state index contributed by atoms with van der Waals surface area (Å²) in [4.78, 5) is 0. The molecule has 12 N–H and O–H groups in total. The molecule has 24 heavy (non-hydrogen) atoms. The van der Waals surface area contributed by atoms with Crippen molar-refractivity contribution in [3.63, 3.8) is 0 Å². The lowest BCUT2D eigenvalue weighted by Crippen LogP contribution is -2.30. The van der Waals surface area contributed by atoms with Crippen molar-refractivity contribution in [3.8, 4) is 0 Å². The number of quaternary nitrogens is 3. The lowest BCUT2D eigenvalue weighted by atomic mass is 10.9. The molecule has 0 unspecified atom stereocenters. The number of sulfonamides is 2. The predicted octanol–water partition coefficient (Wildman–Crippen LogP) is 0.921. The van der Waals surface area contributed by atoms with Gasteiger partial charge in [-0.1, -0.05) is 13.8 Å². The van der Waals surface area contributed by atoms with Crippen LogP contribution in [0.25, 0.3) is 4.13 Å². The Morgan fingerprint density at radius 1 is 0.708 bits per heavy atom. The molecule has 0 amide bonds. The summed E-state index contributed by atoms with van der Waals surface area (Å²) in [6.07, 6.45) is 0. The third kappa shape index (κ3) is 16.1. The first-order chi connectivity index (χ1) is 9.04. The summed E-state index contributed by atoms with van der Waals surface area (Å²) in [7, 11) is -13.4. The van der Waals surface area contributed by atoms with E-state index in [9.17, 15) is 43.2 Å². The molecule has 0 saturated carbocycles.